The van der Waals surface area contributed by atoms with Crippen LogP contribution in [0.4, 0.5) is 0 Å². The molecule has 0 bridgehead atoms. The van der Waals surface area contributed by atoms with Crippen LogP contribution >= 0.6 is 0 Å². The third-order valence-corrected chi connectivity index (χ3v) is 2.20. The summed E-state index contributed by atoms with van der Waals surface area (Å²) in [4.78, 5) is 26.8. The molecule has 1 rings (SSSR count). The topological polar surface area (TPSA) is 73.4 Å². The summed E-state index contributed by atoms with van der Waals surface area (Å²) < 4.78 is 0. The summed E-state index contributed by atoms with van der Waals surface area (Å²) >= 11 is 0. The molecule has 2 N–H and O–H groups in total. The molecule has 1 aromatic heterocycles. The van der Waals surface area contributed by atoms with Crippen molar-refractivity contribution in [3.8, 4) is 0 Å². The van der Waals surface area contributed by atoms with E-state index in [1.165, 1.54) is 0 Å². The number of amides is 1. The van der Waals surface area contributed by atoms with Crippen molar-refractivity contribution in [3.63, 3.8) is 0 Å². The van der Waals surface area contributed by atoms with E-state index in [1.807, 2.05) is 6.92 Å². The van der Waals surface area contributed by atoms with Crippen LogP contribution in [-0.4, -0.2) is 40.0 Å². The molecule has 0 aliphatic rings. The smallest absolute Gasteiger partial charge is 0.305 e. The molecule has 88 valence electrons. The lowest BCUT2D eigenvalue weighted by molar-refractivity contribution is -0.137. The van der Waals surface area contributed by atoms with Crippen LogP contribution in [0.15, 0.2) is 18.3 Å². The fourth-order valence-corrected chi connectivity index (χ4v) is 1.45. The number of nitrogens with one attached hydrogen (secondary N) is 1. The molecule has 1 heterocycles. The quantitative estimate of drug-likeness (QED) is 0.765. The minimum Gasteiger partial charge on any atom is -0.481 e. The minimum absolute atomic E-state index is 0.0214. The number of hydrogen-bond donors (Lipinski definition) is 2. The van der Waals surface area contributed by atoms with Crippen LogP contribution in [0, 0.1) is 0 Å². The number of H-pyrrole nitrogens is 1. The largest absolute Gasteiger partial charge is 0.481 e. The van der Waals surface area contributed by atoms with Crippen LogP contribution in [0.2, 0.25) is 0 Å². The van der Waals surface area contributed by atoms with Crippen molar-refractivity contribution in [1.82, 2.24) is 9.88 Å². The SMILES string of the molecule is CCCN(CCC(=O)O)C(=O)c1ccc[nH]1. The molecule has 16 heavy (non-hydrogen) atoms. The highest BCUT2D eigenvalue weighted by Crippen LogP contribution is 2.04. The van der Waals surface area contributed by atoms with E-state index in [2.05, 4.69) is 4.98 Å². The number of aromatic nitrogens is 1. The normalized spacial score (nSPS) is 10.1. The van der Waals surface area contributed by atoms with Gasteiger partial charge in [-0.1, -0.05) is 6.92 Å². The lowest BCUT2D eigenvalue weighted by Gasteiger charge is -2.20. The van der Waals surface area contributed by atoms with Crippen molar-refractivity contribution < 1.29 is 14.7 Å². The van der Waals surface area contributed by atoms with Crippen LogP contribution in [0.25, 0.3) is 0 Å². The van der Waals surface area contributed by atoms with Gasteiger partial charge in [0, 0.05) is 19.3 Å². The summed E-state index contributed by atoms with van der Waals surface area (Å²) in [6, 6.07) is 3.43. The number of aromatic amines is 1. The van der Waals surface area contributed by atoms with Crippen LogP contribution in [-0.2, 0) is 4.79 Å². The maximum atomic E-state index is 11.9. The van der Waals surface area contributed by atoms with Gasteiger partial charge in [0.25, 0.3) is 5.91 Å². The van der Waals surface area contributed by atoms with Gasteiger partial charge in [-0.15, -0.1) is 0 Å². The van der Waals surface area contributed by atoms with Crippen molar-refractivity contribution in [2.45, 2.75) is 19.8 Å². The highest BCUT2D eigenvalue weighted by Gasteiger charge is 2.16. The van der Waals surface area contributed by atoms with Gasteiger partial charge in [-0.2, -0.15) is 0 Å². The number of carbonyl (C=O) groups excluding carboxylic acids is 1. The first-order chi connectivity index (χ1) is 7.65. The van der Waals surface area contributed by atoms with E-state index in [0.717, 1.165) is 6.42 Å². The lowest BCUT2D eigenvalue weighted by Crippen LogP contribution is -2.33. The Morgan fingerprint density at radius 1 is 1.44 bits per heavy atom. The van der Waals surface area contributed by atoms with Crippen LogP contribution in [0.3, 0.4) is 0 Å². The first kappa shape index (κ1) is 12.3. The zero-order valence-electron chi connectivity index (χ0n) is 9.27. The fourth-order valence-electron chi connectivity index (χ4n) is 1.45. The predicted octanol–water partition coefficient (Wildman–Crippen LogP) is 1.34. The monoisotopic (exact) mass is 224 g/mol. The van der Waals surface area contributed by atoms with Crippen LogP contribution in [0.1, 0.15) is 30.3 Å². The molecular weight excluding hydrogens is 208 g/mol. The van der Waals surface area contributed by atoms with E-state index < -0.39 is 5.97 Å². The summed E-state index contributed by atoms with van der Waals surface area (Å²) in [5.74, 6) is -1.03. The molecule has 5 heteroatoms. The van der Waals surface area contributed by atoms with Crippen molar-refractivity contribution >= 4 is 11.9 Å². The maximum absolute atomic E-state index is 11.9. The van der Waals surface area contributed by atoms with Gasteiger partial charge in [0.2, 0.25) is 0 Å². The zero-order valence-corrected chi connectivity index (χ0v) is 9.27. The number of rotatable bonds is 6. The third-order valence-electron chi connectivity index (χ3n) is 2.20. The first-order valence-electron chi connectivity index (χ1n) is 5.29. The van der Waals surface area contributed by atoms with E-state index in [0.29, 0.717) is 12.2 Å². The van der Waals surface area contributed by atoms with Gasteiger partial charge in [0.05, 0.1) is 6.42 Å². The van der Waals surface area contributed by atoms with E-state index in [9.17, 15) is 9.59 Å². The molecule has 0 aliphatic carbocycles. The lowest BCUT2D eigenvalue weighted by atomic mass is 10.3. The van der Waals surface area contributed by atoms with Crippen LogP contribution < -0.4 is 0 Å². The maximum Gasteiger partial charge on any atom is 0.305 e. The van der Waals surface area contributed by atoms with Crippen molar-refractivity contribution in [3.05, 3.63) is 24.0 Å². The number of carboxylic acid groups (broad SMARTS) is 1. The molecule has 0 saturated heterocycles. The first-order valence-corrected chi connectivity index (χ1v) is 5.29. The number of nitrogens with zero attached hydrogens (tertiary/aromatic N) is 1. The zero-order chi connectivity index (χ0) is 12.0. The standard InChI is InChI=1S/C11H16N2O3/c1-2-7-13(8-5-10(14)15)11(16)9-4-3-6-12-9/h3-4,6,12H,2,5,7-8H2,1H3,(H,14,15). The molecule has 0 atom stereocenters. The number of aliphatic carboxylic acids is 1. The number of carboxylic acids is 1. The molecule has 0 saturated carbocycles. The second kappa shape index (κ2) is 5.95. The molecule has 0 unspecified atom stereocenters. The molecular formula is C11H16N2O3. The summed E-state index contributed by atoms with van der Waals surface area (Å²) in [6.45, 7) is 2.78. The fraction of sp³-hybridized carbons (Fsp3) is 0.455. The van der Waals surface area contributed by atoms with Crippen molar-refractivity contribution in [2.75, 3.05) is 13.1 Å². The minimum atomic E-state index is -0.889. The Morgan fingerprint density at radius 3 is 2.69 bits per heavy atom. The third kappa shape index (κ3) is 3.42. The summed E-state index contributed by atoms with van der Waals surface area (Å²) in [7, 11) is 0. The Labute approximate surface area is 94.1 Å². The second-order valence-corrected chi connectivity index (χ2v) is 3.52. The summed E-state index contributed by atoms with van der Waals surface area (Å²) in [5.41, 5.74) is 0.499. The molecule has 0 aliphatic heterocycles. The molecule has 1 aromatic rings. The molecule has 0 aromatic carbocycles. The summed E-state index contributed by atoms with van der Waals surface area (Å²) in [6.07, 6.45) is 2.47. The average Bonchev–Trinajstić information content (AvgIpc) is 2.76. The summed E-state index contributed by atoms with van der Waals surface area (Å²) in [5, 5.41) is 8.60. The Kier molecular flexibility index (Phi) is 4.57. The molecule has 1 amide bonds. The van der Waals surface area contributed by atoms with Gasteiger partial charge in [-0.25, -0.2) is 0 Å². The molecule has 0 radical (unpaired) electrons. The van der Waals surface area contributed by atoms with Gasteiger partial charge in [-0.3, -0.25) is 9.59 Å². The highest BCUT2D eigenvalue weighted by molar-refractivity contribution is 5.92. The second-order valence-electron chi connectivity index (χ2n) is 3.52. The average molecular weight is 224 g/mol. The van der Waals surface area contributed by atoms with Gasteiger partial charge in [0.15, 0.2) is 0 Å². The molecule has 5 nitrogen and oxygen atoms in total. The van der Waals surface area contributed by atoms with E-state index in [4.69, 9.17) is 5.11 Å². The van der Waals surface area contributed by atoms with Crippen molar-refractivity contribution in [2.24, 2.45) is 0 Å². The van der Waals surface area contributed by atoms with E-state index >= 15 is 0 Å². The van der Waals surface area contributed by atoms with Gasteiger partial charge >= 0.3 is 5.97 Å². The Balaban J connectivity index is 2.62. The Morgan fingerprint density at radius 2 is 2.19 bits per heavy atom. The van der Waals surface area contributed by atoms with Crippen LogP contribution in [0.5, 0.6) is 0 Å². The van der Waals surface area contributed by atoms with E-state index in [1.54, 1.807) is 23.2 Å². The highest BCUT2D eigenvalue weighted by atomic mass is 16.4. The Bertz CT molecular complexity index is 346. The molecule has 0 fully saturated rings. The predicted molar refractivity (Wildman–Crippen MR) is 59.2 cm³/mol. The van der Waals surface area contributed by atoms with Gasteiger partial charge < -0.3 is 15.0 Å². The molecule has 0 spiro atoms. The number of carbonyl (C=O) groups is 2. The van der Waals surface area contributed by atoms with Gasteiger partial charge in [0.1, 0.15) is 5.69 Å². The van der Waals surface area contributed by atoms with E-state index in [-0.39, 0.29) is 18.9 Å². The van der Waals surface area contributed by atoms with Crippen molar-refractivity contribution in [1.29, 1.82) is 0 Å². The Hall–Kier alpha value is -1.78. The number of hydrogen-bond acceptors (Lipinski definition) is 2. The van der Waals surface area contributed by atoms with Gasteiger partial charge in [-0.05, 0) is 18.6 Å².